The molecule has 2 saturated carbocycles. The second-order valence-electron chi connectivity index (χ2n) is 12.1. The summed E-state index contributed by atoms with van der Waals surface area (Å²) >= 11 is 0. The lowest BCUT2D eigenvalue weighted by atomic mass is 9.60. The van der Waals surface area contributed by atoms with Gasteiger partial charge in [-0.05, 0) is 80.8 Å². The maximum Gasteiger partial charge on any atom is 0.142 e. The van der Waals surface area contributed by atoms with E-state index in [-0.39, 0.29) is 0 Å². The van der Waals surface area contributed by atoms with Crippen LogP contribution in [0.2, 0.25) is 0 Å². The number of para-hydroxylation sites is 2. The van der Waals surface area contributed by atoms with E-state index in [1.807, 2.05) is 0 Å². The number of benzene rings is 2. The van der Waals surface area contributed by atoms with Crippen molar-refractivity contribution in [2.45, 2.75) is 90.4 Å². The maximum atomic E-state index is 6.07. The van der Waals surface area contributed by atoms with Crippen LogP contribution in [-0.4, -0.2) is 35.3 Å². The Kier molecular flexibility index (Phi) is 6.53. The molecule has 2 fully saturated rings. The van der Waals surface area contributed by atoms with Crippen LogP contribution in [0.4, 0.5) is 0 Å². The normalized spacial score (nSPS) is 30.0. The molecule has 0 atom stereocenters. The molecule has 0 N–H and O–H groups in total. The summed E-state index contributed by atoms with van der Waals surface area (Å²) in [4.78, 5) is 5.16. The average Bonchev–Trinajstić information content (AvgIpc) is 2.92. The summed E-state index contributed by atoms with van der Waals surface area (Å²) in [5.74, 6) is 3.86. The zero-order valence-electron chi connectivity index (χ0n) is 21.6. The highest BCUT2D eigenvalue weighted by molar-refractivity contribution is 5.35. The average molecular weight is 475 g/mol. The Morgan fingerprint density at radius 3 is 1.43 bits per heavy atom. The first-order valence-corrected chi connectivity index (χ1v) is 14.0. The van der Waals surface area contributed by atoms with Crippen LogP contribution < -0.4 is 9.47 Å². The van der Waals surface area contributed by atoms with Gasteiger partial charge >= 0.3 is 0 Å². The summed E-state index contributed by atoms with van der Waals surface area (Å²) in [6, 6.07) is 18.4. The van der Waals surface area contributed by atoms with Gasteiger partial charge in [0.2, 0.25) is 0 Å². The minimum atomic E-state index is 0.436. The van der Waals surface area contributed by atoms with Gasteiger partial charge in [0.25, 0.3) is 0 Å². The smallest absolute Gasteiger partial charge is 0.142 e. The lowest BCUT2D eigenvalue weighted by Crippen LogP contribution is -2.46. The predicted molar refractivity (Wildman–Crippen MR) is 140 cm³/mol. The van der Waals surface area contributed by atoms with Crippen molar-refractivity contribution in [1.82, 2.24) is 9.80 Å². The highest BCUT2D eigenvalue weighted by Crippen LogP contribution is 2.49. The SMILES string of the molecule is CC(C)(C1CCC(N2COc3ccccc3C2)CC1)C1CCC(N2COc3ccccc3C2)CC1. The fourth-order valence-corrected chi connectivity index (χ4v) is 7.56. The van der Waals surface area contributed by atoms with Crippen LogP contribution in [0.5, 0.6) is 11.5 Å². The Morgan fingerprint density at radius 2 is 1.00 bits per heavy atom. The molecular formula is C31H42N2O2. The van der Waals surface area contributed by atoms with Gasteiger partial charge in [-0.2, -0.15) is 0 Å². The van der Waals surface area contributed by atoms with Crippen LogP contribution in [0, 0.1) is 17.3 Å². The van der Waals surface area contributed by atoms with Gasteiger partial charge in [-0.15, -0.1) is 0 Å². The molecule has 35 heavy (non-hydrogen) atoms. The second-order valence-corrected chi connectivity index (χ2v) is 12.1. The first-order valence-electron chi connectivity index (χ1n) is 14.0. The molecule has 6 rings (SSSR count). The number of rotatable bonds is 4. The van der Waals surface area contributed by atoms with E-state index >= 15 is 0 Å². The van der Waals surface area contributed by atoms with Crippen LogP contribution in [0.3, 0.4) is 0 Å². The molecule has 4 nitrogen and oxygen atoms in total. The van der Waals surface area contributed by atoms with Gasteiger partial charge in [0.1, 0.15) is 25.0 Å². The molecule has 2 aromatic carbocycles. The summed E-state index contributed by atoms with van der Waals surface area (Å²) in [6.45, 7) is 8.77. The van der Waals surface area contributed by atoms with Crippen molar-refractivity contribution < 1.29 is 9.47 Å². The van der Waals surface area contributed by atoms with E-state index in [0.717, 1.165) is 49.9 Å². The first kappa shape index (κ1) is 23.4. The van der Waals surface area contributed by atoms with Gasteiger partial charge in [-0.25, -0.2) is 0 Å². The quantitative estimate of drug-likeness (QED) is 0.485. The van der Waals surface area contributed by atoms with Crippen molar-refractivity contribution >= 4 is 0 Å². The van der Waals surface area contributed by atoms with Crippen molar-refractivity contribution in [2.75, 3.05) is 13.5 Å². The lowest BCUT2D eigenvalue weighted by Gasteiger charge is -2.49. The molecule has 4 aliphatic rings. The Bertz CT molecular complexity index is 925. The molecule has 4 heteroatoms. The van der Waals surface area contributed by atoms with E-state index in [0.29, 0.717) is 17.5 Å². The Labute approximate surface area is 211 Å². The van der Waals surface area contributed by atoms with Gasteiger partial charge < -0.3 is 9.47 Å². The summed E-state index contributed by atoms with van der Waals surface area (Å²) in [7, 11) is 0. The fourth-order valence-electron chi connectivity index (χ4n) is 7.56. The third-order valence-electron chi connectivity index (χ3n) is 9.99. The zero-order chi connectivity index (χ0) is 23.8. The lowest BCUT2D eigenvalue weighted by molar-refractivity contribution is -0.0142. The minimum absolute atomic E-state index is 0.436. The largest absolute Gasteiger partial charge is 0.478 e. The van der Waals surface area contributed by atoms with E-state index in [2.05, 4.69) is 72.2 Å². The van der Waals surface area contributed by atoms with Gasteiger partial charge in [0, 0.05) is 36.3 Å². The summed E-state index contributed by atoms with van der Waals surface area (Å²) in [5.41, 5.74) is 3.13. The van der Waals surface area contributed by atoms with Crippen LogP contribution in [0.15, 0.2) is 48.5 Å². The Morgan fingerprint density at radius 1 is 0.600 bits per heavy atom. The van der Waals surface area contributed by atoms with Gasteiger partial charge in [-0.1, -0.05) is 50.2 Å². The van der Waals surface area contributed by atoms with E-state index in [1.165, 1.54) is 62.5 Å². The second kappa shape index (κ2) is 9.78. The summed E-state index contributed by atoms with van der Waals surface area (Å²) in [5, 5.41) is 0. The van der Waals surface area contributed by atoms with Crippen LogP contribution in [-0.2, 0) is 13.1 Å². The minimum Gasteiger partial charge on any atom is -0.478 e. The van der Waals surface area contributed by atoms with E-state index in [9.17, 15) is 0 Å². The molecule has 2 heterocycles. The van der Waals surface area contributed by atoms with E-state index in [4.69, 9.17) is 9.47 Å². The number of fused-ring (bicyclic) bond motifs is 2. The molecule has 0 bridgehead atoms. The fraction of sp³-hybridized carbons (Fsp3) is 0.613. The maximum absolute atomic E-state index is 6.07. The molecule has 188 valence electrons. The van der Waals surface area contributed by atoms with E-state index < -0.39 is 0 Å². The van der Waals surface area contributed by atoms with Crippen molar-refractivity contribution in [3.8, 4) is 11.5 Å². The van der Waals surface area contributed by atoms with Crippen molar-refractivity contribution in [3.05, 3.63) is 59.7 Å². The van der Waals surface area contributed by atoms with Crippen LogP contribution in [0.1, 0.15) is 76.3 Å². The molecule has 0 spiro atoms. The van der Waals surface area contributed by atoms with Gasteiger partial charge in [-0.3, -0.25) is 9.80 Å². The van der Waals surface area contributed by atoms with E-state index in [1.54, 1.807) is 0 Å². The number of hydrogen-bond acceptors (Lipinski definition) is 4. The van der Waals surface area contributed by atoms with Crippen LogP contribution in [0.25, 0.3) is 0 Å². The number of hydrogen-bond donors (Lipinski definition) is 0. The standard InChI is InChI=1S/C31H42N2O2/c1-31(2,25-11-15-27(16-12-25)32-19-23-7-3-5-9-29(23)34-21-32)26-13-17-28(18-14-26)33-20-24-8-4-6-10-30(24)35-22-33/h3-10,25-28H,11-22H2,1-2H3. The summed E-state index contributed by atoms with van der Waals surface area (Å²) in [6.07, 6.45) is 10.7. The Balaban J connectivity index is 1.00. The molecule has 0 saturated heterocycles. The molecule has 0 radical (unpaired) electrons. The molecule has 2 aromatic rings. The Hall–Kier alpha value is -2.04. The van der Waals surface area contributed by atoms with Gasteiger partial charge in [0.05, 0.1) is 0 Å². The molecule has 2 aliphatic carbocycles. The molecule has 0 aromatic heterocycles. The highest BCUT2D eigenvalue weighted by atomic mass is 16.5. The van der Waals surface area contributed by atoms with Crippen molar-refractivity contribution in [3.63, 3.8) is 0 Å². The molecular weight excluding hydrogens is 432 g/mol. The molecule has 0 amide bonds. The number of nitrogens with zero attached hydrogens (tertiary/aromatic N) is 2. The monoisotopic (exact) mass is 474 g/mol. The predicted octanol–water partition coefficient (Wildman–Crippen LogP) is 6.83. The van der Waals surface area contributed by atoms with Crippen molar-refractivity contribution in [2.24, 2.45) is 17.3 Å². The topological polar surface area (TPSA) is 24.9 Å². The van der Waals surface area contributed by atoms with Gasteiger partial charge in [0.15, 0.2) is 0 Å². The van der Waals surface area contributed by atoms with Crippen molar-refractivity contribution in [1.29, 1.82) is 0 Å². The number of ether oxygens (including phenoxy) is 2. The molecule has 2 aliphatic heterocycles. The third-order valence-corrected chi connectivity index (χ3v) is 9.99. The zero-order valence-corrected chi connectivity index (χ0v) is 21.6. The highest BCUT2D eigenvalue weighted by Gasteiger charge is 2.42. The summed E-state index contributed by atoms with van der Waals surface area (Å²) < 4.78 is 12.1. The molecule has 0 unspecified atom stereocenters. The third kappa shape index (κ3) is 4.72. The van der Waals surface area contributed by atoms with Crippen LogP contribution >= 0.6 is 0 Å². The first-order chi connectivity index (χ1) is 17.1.